The van der Waals surface area contributed by atoms with Crippen LogP contribution in [0.3, 0.4) is 0 Å². The van der Waals surface area contributed by atoms with Crippen LogP contribution in [0.2, 0.25) is 0 Å². The molecule has 0 saturated heterocycles. The van der Waals surface area contributed by atoms with Crippen molar-refractivity contribution < 1.29 is 10.0 Å². The van der Waals surface area contributed by atoms with Gasteiger partial charge in [-0.15, -0.1) is 0 Å². The Kier molecular flexibility index (Phi) is 3.83. The zero-order valence-electron chi connectivity index (χ0n) is 10.3. The number of nitro groups is 1. The molecule has 2 N–H and O–H groups in total. The highest BCUT2D eigenvalue weighted by atomic mass is 16.6. The fraction of sp³-hybridized carbons (Fsp3) is 0.455. The first-order valence-electron chi connectivity index (χ1n) is 5.29. The van der Waals surface area contributed by atoms with Crippen molar-refractivity contribution in [3.05, 3.63) is 27.9 Å². The lowest BCUT2D eigenvalue weighted by Crippen LogP contribution is -2.42. The van der Waals surface area contributed by atoms with Crippen LogP contribution in [0.1, 0.15) is 26.3 Å². The van der Waals surface area contributed by atoms with Gasteiger partial charge in [0.05, 0.1) is 16.6 Å². The molecule has 96 valence electrons. The largest absolute Gasteiger partial charge is 0.391 e. The smallest absolute Gasteiger partial charge is 0.328 e. The van der Waals surface area contributed by atoms with Gasteiger partial charge >= 0.3 is 5.69 Å². The van der Waals surface area contributed by atoms with E-state index in [4.69, 9.17) is 5.26 Å². The SMILES string of the molecule is CC(O)C(C)(C)Nc1nccc(C#N)c1[N+](=O)[O-]. The second-order valence-electron chi connectivity index (χ2n) is 4.45. The Bertz CT molecular complexity index is 506. The van der Waals surface area contributed by atoms with Crippen molar-refractivity contribution >= 4 is 11.5 Å². The van der Waals surface area contributed by atoms with Crippen LogP contribution >= 0.6 is 0 Å². The fourth-order valence-electron chi connectivity index (χ4n) is 1.23. The van der Waals surface area contributed by atoms with E-state index in [0.29, 0.717) is 0 Å². The molecule has 0 fully saturated rings. The van der Waals surface area contributed by atoms with Crippen LogP contribution in [-0.2, 0) is 0 Å². The van der Waals surface area contributed by atoms with E-state index in [0.717, 1.165) is 0 Å². The van der Waals surface area contributed by atoms with E-state index in [-0.39, 0.29) is 17.1 Å². The molecule has 0 saturated carbocycles. The number of aliphatic hydroxyl groups excluding tert-OH is 1. The summed E-state index contributed by atoms with van der Waals surface area (Å²) < 4.78 is 0. The molecule has 1 unspecified atom stereocenters. The second kappa shape index (κ2) is 4.98. The number of rotatable bonds is 4. The normalized spacial score (nSPS) is 12.6. The van der Waals surface area contributed by atoms with Crippen molar-refractivity contribution in [2.45, 2.75) is 32.4 Å². The molecule has 0 aromatic carbocycles. The molecule has 1 aromatic rings. The molecule has 1 heterocycles. The zero-order valence-corrected chi connectivity index (χ0v) is 10.3. The van der Waals surface area contributed by atoms with E-state index in [2.05, 4.69) is 10.3 Å². The molecule has 0 radical (unpaired) electrons. The summed E-state index contributed by atoms with van der Waals surface area (Å²) >= 11 is 0. The van der Waals surface area contributed by atoms with Crippen LogP contribution in [0.4, 0.5) is 11.5 Å². The van der Waals surface area contributed by atoms with Crippen LogP contribution in [0.15, 0.2) is 12.3 Å². The lowest BCUT2D eigenvalue weighted by atomic mass is 9.98. The van der Waals surface area contributed by atoms with Gasteiger partial charge in [-0.3, -0.25) is 10.1 Å². The fourth-order valence-corrected chi connectivity index (χ4v) is 1.23. The third-order valence-electron chi connectivity index (χ3n) is 2.71. The molecule has 7 nitrogen and oxygen atoms in total. The predicted octanol–water partition coefficient (Wildman–Crippen LogP) is 1.43. The standard InChI is InChI=1S/C11H14N4O3/c1-7(16)11(2,3)14-10-9(15(17)18)8(6-12)4-5-13-10/h4-5,7,16H,1-3H3,(H,13,14). The molecule has 0 aliphatic rings. The van der Waals surface area contributed by atoms with Crippen molar-refractivity contribution in [3.63, 3.8) is 0 Å². The van der Waals surface area contributed by atoms with Crippen molar-refractivity contribution in [2.75, 3.05) is 5.32 Å². The maximum atomic E-state index is 11.0. The Morgan fingerprint density at radius 2 is 2.28 bits per heavy atom. The van der Waals surface area contributed by atoms with E-state index in [9.17, 15) is 15.2 Å². The maximum Gasteiger partial charge on any atom is 0.328 e. The third-order valence-corrected chi connectivity index (χ3v) is 2.71. The first-order valence-corrected chi connectivity index (χ1v) is 5.29. The zero-order chi connectivity index (χ0) is 13.9. The number of hydrogen-bond donors (Lipinski definition) is 2. The van der Waals surface area contributed by atoms with Gasteiger partial charge in [0.2, 0.25) is 5.82 Å². The van der Waals surface area contributed by atoms with Gasteiger partial charge < -0.3 is 10.4 Å². The van der Waals surface area contributed by atoms with Crippen molar-refractivity contribution in [2.24, 2.45) is 0 Å². The summed E-state index contributed by atoms with van der Waals surface area (Å²) in [7, 11) is 0. The van der Waals surface area contributed by atoms with E-state index >= 15 is 0 Å². The summed E-state index contributed by atoms with van der Waals surface area (Å²) in [6, 6.07) is 3.02. The van der Waals surface area contributed by atoms with Crippen molar-refractivity contribution in [1.29, 1.82) is 5.26 Å². The molecule has 0 aliphatic carbocycles. The molecule has 0 amide bonds. The lowest BCUT2D eigenvalue weighted by molar-refractivity contribution is -0.384. The number of nitrogens with zero attached hydrogens (tertiary/aromatic N) is 3. The molecule has 18 heavy (non-hydrogen) atoms. The molecule has 1 atom stereocenters. The third kappa shape index (κ3) is 2.73. The van der Waals surface area contributed by atoms with Crippen molar-refractivity contribution in [1.82, 2.24) is 4.98 Å². The number of aliphatic hydroxyl groups is 1. The van der Waals surface area contributed by atoms with Gasteiger partial charge in [0.25, 0.3) is 0 Å². The Morgan fingerprint density at radius 1 is 1.67 bits per heavy atom. The Hall–Kier alpha value is -2.20. The topological polar surface area (TPSA) is 112 Å². The quantitative estimate of drug-likeness (QED) is 0.617. The number of nitrogens with one attached hydrogen (secondary N) is 1. The minimum atomic E-state index is -0.800. The molecular weight excluding hydrogens is 236 g/mol. The summed E-state index contributed by atoms with van der Waals surface area (Å²) in [6.45, 7) is 4.93. The molecule has 1 rings (SSSR count). The van der Waals surface area contributed by atoms with Gasteiger partial charge in [0.15, 0.2) is 0 Å². The van der Waals surface area contributed by atoms with Crippen LogP contribution < -0.4 is 5.32 Å². The monoisotopic (exact) mass is 250 g/mol. The van der Waals surface area contributed by atoms with Gasteiger partial charge in [0.1, 0.15) is 11.6 Å². The average molecular weight is 250 g/mol. The van der Waals surface area contributed by atoms with Crippen LogP contribution in [0.5, 0.6) is 0 Å². The van der Waals surface area contributed by atoms with Gasteiger partial charge in [-0.25, -0.2) is 4.98 Å². The van der Waals surface area contributed by atoms with Gasteiger partial charge in [-0.2, -0.15) is 5.26 Å². The highest BCUT2D eigenvalue weighted by Gasteiger charge is 2.29. The summed E-state index contributed by atoms with van der Waals surface area (Å²) in [5.74, 6) is -0.0232. The van der Waals surface area contributed by atoms with E-state index in [1.807, 2.05) is 0 Å². The first-order chi connectivity index (χ1) is 8.29. The van der Waals surface area contributed by atoms with Gasteiger partial charge in [-0.1, -0.05) is 0 Å². The number of pyridine rings is 1. The van der Waals surface area contributed by atoms with Gasteiger partial charge in [-0.05, 0) is 26.8 Å². The minimum Gasteiger partial charge on any atom is -0.391 e. The van der Waals surface area contributed by atoms with E-state index < -0.39 is 16.6 Å². The summed E-state index contributed by atoms with van der Waals surface area (Å²) in [4.78, 5) is 14.2. The lowest BCUT2D eigenvalue weighted by Gasteiger charge is -2.29. The first kappa shape index (κ1) is 13.9. The second-order valence-corrected chi connectivity index (χ2v) is 4.45. The molecule has 0 spiro atoms. The van der Waals surface area contributed by atoms with E-state index in [1.54, 1.807) is 26.8 Å². The van der Waals surface area contributed by atoms with Crippen molar-refractivity contribution in [3.8, 4) is 6.07 Å². The minimum absolute atomic E-state index is 0.0232. The molecule has 1 aromatic heterocycles. The summed E-state index contributed by atoms with van der Waals surface area (Å²) in [6.07, 6.45) is 0.566. The summed E-state index contributed by atoms with van der Waals surface area (Å²) in [5.41, 5.74) is -1.25. The highest BCUT2D eigenvalue weighted by molar-refractivity contribution is 5.64. The Morgan fingerprint density at radius 3 is 2.72 bits per heavy atom. The molecule has 0 aliphatic heterocycles. The predicted molar refractivity (Wildman–Crippen MR) is 65.0 cm³/mol. The number of nitriles is 1. The maximum absolute atomic E-state index is 11.0. The van der Waals surface area contributed by atoms with Gasteiger partial charge in [0, 0.05) is 6.20 Å². The molecule has 7 heteroatoms. The van der Waals surface area contributed by atoms with Crippen LogP contribution in [0, 0.1) is 21.4 Å². The number of aromatic nitrogens is 1. The van der Waals surface area contributed by atoms with E-state index in [1.165, 1.54) is 12.3 Å². The molecule has 0 bridgehead atoms. The van der Waals surface area contributed by atoms with Crippen LogP contribution in [-0.4, -0.2) is 26.7 Å². The Balaban J connectivity index is 3.26. The highest BCUT2D eigenvalue weighted by Crippen LogP contribution is 2.28. The number of anilines is 1. The van der Waals surface area contributed by atoms with Crippen LogP contribution in [0.25, 0.3) is 0 Å². The summed E-state index contributed by atoms with van der Waals surface area (Å²) in [5, 5.41) is 32.2. The number of hydrogen-bond acceptors (Lipinski definition) is 6. The molecular formula is C11H14N4O3. The Labute approximate surface area is 104 Å². The average Bonchev–Trinajstić information content (AvgIpc) is 2.27.